The average molecular weight is 447 g/mol. The Morgan fingerprint density at radius 3 is 2.35 bits per heavy atom. The molecule has 4 aromatic rings. The molecule has 1 aliphatic heterocycles. The predicted octanol–water partition coefficient (Wildman–Crippen LogP) is 6.47. The lowest BCUT2D eigenvalue weighted by Gasteiger charge is -2.31. The highest BCUT2D eigenvalue weighted by atomic mass is 16.1. The fourth-order valence-electron chi connectivity index (χ4n) is 4.87. The van der Waals surface area contributed by atoms with Gasteiger partial charge in [0.1, 0.15) is 0 Å². The summed E-state index contributed by atoms with van der Waals surface area (Å²) in [6.07, 6.45) is 2.33. The van der Waals surface area contributed by atoms with E-state index in [2.05, 4.69) is 77.8 Å². The van der Waals surface area contributed by atoms with Crippen molar-refractivity contribution in [3.63, 3.8) is 0 Å². The van der Waals surface area contributed by atoms with E-state index in [0.717, 1.165) is 36.2 Å². The first-order valence-corrected chi connectivity index (χ1v) is 12.0. The van der Waals surface area contributed by atoms with Crippen LogP contribution in [0.25, 0.3) is 0 Å². The first-order chi connectivity index (χ1) is 16.7. The molecule has 4 aromatic carbocycles. The van der Waals surface area contributed by atoms with Crippen LogP contribution in [0.4, 0.5) is 5.69 Å². The Bertz CT molecular complexity index is 1260. The lowest BCUT2D eigenvalue weighted by molar-refractivity contribution is 0.0943. The van der Waals surface area contributed by atoms with Gasteiger partial charge in [0.15, 0.2) is 0 Å². The molecule has 3 heteroatoms. The van der Waals surface area contributed by atoms with Gasteiger partial charge in [0, 0.05) is 24.3 Å². The molecule has 1 atom stereocenters. The van der Waals surface area contributed by atoms with Crippen molar-refractivity contribution in [2.24, 2.45) is 0 Å². The SMILES string of the molecule is Cc1ccccc1[C@@H](NC(=O)c1ccc(CN2CCCc3ccccc32)cc1)c1ccccc1. The number of para-hydroxylation sites is 1. The van der Waals surface area contributed by atoms with Crippen molar-refractivity contribution in [2.75, 3.05) is 11.4 Å². The fraction of sp³-hybridized carbons (Fsp3) is 0.194. The van der Waals surface area contributed by atoms with Crippen LogP contribution in [0, 0.1) is 6.92 Å². The molecule has 0 saturated carbocycles. The van der Waals surface area contributed by atoms with Gasteiger partial charge in [-0.25, -0.2) is 0 Å². The minimum absolute atomic E-state index is 0.0630. The Balaban J connectivity index is 1.33. The molecule has 0 bridgehead atoms. The summed E-state index contributed by atoms with van der Waals surface area (Å²) >= 11 is 0. The van der Waals surface area contributed by atoms with Crippen LogP contribution in [-0.2, 0) is 13.0 Å². The Kier molecular flexibility index (Phi) is 6.44. The molecule has 0 unspecified atom stereocenters. The molecule has 34 heavy (non-hydrogen) atoms. The molecule has 0 saturated heterocycles. The summed E-state index contributed by atoms with van der Waals surface area (Å²) in [6.45, 7) is 4.01. The first-order valence-electron chi connectivity index (χ1n) is 12.0. The van der Waals surface area contributed by atoms with Crippen molar-refractivity contribution >= 4 is 11.6 Å². The van der Waals surface area contributed by atoms with Gasteiger partial charge in [-0.15, -0.1) is 0 Å². The van der Waals surface area contributed by atoms with Gasteiger partial charge in [-0.1, -0.05) is 84.9 Å². The van der Waals surface area contributed by atoms with Crippen LogP contribution in [0.2, 0.25) is 0 Å². The van der Waals surface area contributed by atoms with E-state index in [-0.39, 0.29) is 11.9 Å². The number of hydrogen-bond donors (Lipinski definition) is 1. The second-order valence-electron chi connectivity index (χ2n) is 9.02. The maximum Gasteiger partial charge on any atom is 0.252 e. The normalized spacial score (nSPS) is 13.7. The Morgan fingerprint density at radius 1 is 0.853 bits per heavy atom. The number of carbonyl (C=O) groups is 1. The summed E-state index contributed by atoms with van der Waals surface area (Å²) in [7, 11) is 0. The van der Waals surface area contributed by atoms with Crippen LogP contribution >= 0.6 is 0 Å². The summed E-state index contributed by atoms with van der Waals surface area (Å²) in [5.74, 6) is -0.0630. The Labute approximate surface area is 202 Å². The average Bonchev–Trinajstić information content (AvgIpc) is 2.89. The monoisotopic (exact) mass is 446 g/mol. The number of benzene rings is 4. The van der Waals surface area contributed by atoms with Gasteiger partial charge >= 0.3 is 0 Å². The highest BCUT2D eigenvalue weighted by Gasteiger charge is 2.20. The van der Waals surface area contributed by atoms with Crippen molar-refractivity contribution in [3.8, 4) is 0 Å². The van der Waals surface area contributed by atoms with Crippen LogP contribution in [0.1, 0.15) is 50.6 Å². The molecule has 1 N–H and O–H groups in total. The number of fused-ring (bicyclic) bond motifs is 1. The predicted molar refractivity (Wildman–Crippen MR) is 139 cm³/mol. The molecule has 0 spiro atoms. The van der Waals surface area contributed by atoms with Crippen LogP contribution in [0.3, 0.4) is 0 Å². The lowest BCUT2D eigenvalue weighted by atomic mass is 9.94. The van der Waals surface area contributed by atoms with Gasteiger partial charge in [0.2, 0.25) is 0 Å². The van der Waals surface area contributed by atoms with Crippen molar-refractivity contribution in [1.29, 1.82) is 0 Å². The molecular weight excluding hydrogens is 416 g/mol. The molecule has 0 radical (unpaired) electrons. The maximum atomic E-state index is 13.3. The molecule has 170 valence electrons. The number of nitrogens with one attached hydrogen (secondary N) is 1. The molecule has 1 heterocycles. The number of rotatable bonds is 6. The van der Waals surface area contributed by atoms with Gasteiger partial charge in [0.05, 0.1) is 6.04 Å². The minimum Gasteiger partial charge on any atom is -0.367 e. The first kappa shape index (κ1) is 22.0. The zero-order valence-electron chi connectivity index (χ0n) is 19.6. The van der Waals surface area contributed by atoms with Gasteiger partial charge in [-0.3, -0.25) is 4.79 Å². The number of amides is 1. The van der Waals surface area contributed by atoms with E-state index in [4.69, 9.17) is 0 Å². The number of carbonyl (C=O) groups excluding carboxylic acids is 1. The third-order valence-electron chi connectivity index (χ3n) is 6.70. The van der Waals surface area contributed by atoms with E-state index in [0.29, 0.717) is 5.56 Å². The van der Waals surface area contributed by atoms with Gasteiger partial charge < -0.3 is 10.2 Å². The highest BCUT2D eigenvalue weighted by Crippen LogP contribution is 2.28. The molecule has 0 aliphatic carbocycles. The van der Waals surface area contributed by atoms with Crippen molar-refractivity contribution in [1.82, 2.24) is 5.32 Å². The summed E-state index contributed by atoms with van der Waals surface area (Å²) < 4.78 is 0. The maximum absolute atomic E-state index is 13.3. The van der Waals surface area contributed by atoms with Crippen LogP contribution in [-0.4, -0.2) is 12.5 Å². The van der Waals surface area contributed by atoms with Gasteiger partial charge in [-0.2, -0.15) is 0 Å². The third kappa shape index (κ3) is 4.74. The molecule has 3 nitrogen and oxygen atoms in total. The third-order valence-corrected chi connectivity index (χ3v) is 6.70. The molecule has 1 aliphatic rings. The van der Waals surface area contributed by atoms with E-state index in [1.165, 1.54) is 23.2 Å². The smallest absolute Gasteiger partial charge is 0.252 e. The van der Waals surface area contributed by atoms with E-state index in [9.17, 15) is 4.79 Å². The van der Waals surface area contributed by atoms with Gasteiger partial charge in [0.25, 0.3) is 5.91 Å². The number of anilines is 1. The second-order valence-corrected chi connectivity index (χ2v) is 9.02. The van der Waals surface area contributed by atoms with Crippen LogP contribution in [0.5, 0.6) is 0 Å². The zero-order chi connectivity index (χ0) is 23.3. The molecule has 0 aromatic heterocycles. The lowest BCUT2D eigenvalue weighted by Crippen LogP contribution is -2.30. The van der Waals surface area contributed by atoms with Gasteiger partial charge in [-0.05, 0) is 65.8 Å². The highest BCUT2D eigenvalue weighted by molar-refractivity contribution is 5.94. The summed E-state index contributed by atoms with van der Waals surface area (Å²) in [5, 5.41) is 3.27. The number of aryl methyl sites for hydroxylation is 2. The standard InChI is InChI=1S/C31H30N2O/c1-23-10-5-7-15-28(23)30(26-12-3-2-4-13-26)32-31(34)27-19-17-24(18-20-27)22-33-21-9-14-25-11-6-8-16-29(25)33/h2-8,10-13,15-20,30H,9,14,21-22H2,1H3,(H,32,34)/t30-/m0/s1. The Morgan fingerprint density at radius 2 is 1.56 bits per heavy atom. The van der Waals surface area contributed by atoms with Crippen molar-refractivity contribution in [2.45, 2.75) is 32.4 Å². The van der Waals surface area contributed by atoms with Crippen molar-refractivity contribution in [3.05, 3.63) is 137 Å². The summed E-state index contributed by atoms with van der Waals surface area (Å²) in [6, 6.07) is 34.9. The number of nitrogens with zero attached hydrogens (tertiary/aromatic N) is 1. The topological polar surface area (TPSA) is 32.3 Å². The molecule has 1 amide bonds. The van der Waals surface area contributed by atoms with Crippen molar-refractivity contribution < 1.29 is 4.79 Å². The van der Waals surface area contributed by atoms with Crippen LogP contribution in [0.15, 0.2) is 103 Å². The second kappa shape index (κ2) is 9.96. The van der Waals surface area contributed by atoms with E-state index < -0.39 is 0 Å². The van der Waals surface area contributed by atoms with E-state index >= 15 is 0 Å². The Hall–Kier alpha value is -3.85. The summed E-state index contributed by atoms with van der Waals surface area (Å²) in [5.41, 5.74) is 8.00. The number of hydrogen-bond acceptors (Lipinski definition) is 2. The summed E-state index contributed by atoms with van der Waals surface area (Å²) in [4.78, 5) is 15.7. The minimum atomic E-state index is -0.195. The molecule has 0 fully saturated rings. The zero-order valence-corrected chi connectivity index (χ0v) is 19.6. The molecule has 5 rings (SSSR count). The largest absolute Gasteiger partial charge is 0.367 e. The fourth-order valence-corrected chi connectivity index (χ4v) is 4.87. The molecular formula is C31H30N2O. The van der Waals surface area contributed by atoms with E-state index in [1.807, 2.05) is 42.5 Å². The van der Waals surface area contributed by atoms with Crippen LogP contribution < -0.4 is 10.2 Å². The quantitative estimate of drug-likeness (QED) is 0.368. The van der Waals surface area contributed by atoms with E-state index in [1.54, 1.807) is 0 Å².